The van der Waals surface area contributed by atoms with Gasteiger partial charge in [0.05, 0.1) is 11.4 Å². The van der Waals surface area contributed by atoms with E-state index in [9.17, 15) is 9.59 Å². The van der Waals surface area contributed by atoms with Crippen molar-refractivity contribution in [1.82, 2.24) is 10.3 Å². The van der Waals surface area contributed by atoms with Crippen molar-refractivity contribution in [1.29, 1.82) is 0 Å². The number of nitrogens with one attached hydrogen (secondary N) is 1. The average molecular weight is 341 g/mol. The molecule has 0 fully saturated rings. The van der Waals surface area contributed by atoms with Gasteiger partial charge in [0.15, 0.2) is 0 Å². The number of aromatic nitrogens is 1. The summed E-state index contributed by atoms with van der Waals surface area (Å²) in [4.78, 5) is 30.6. The van der Waals surface area contributed by atoms with Gasteiger partial charge in [0.2, 0.25) is 11.8 Å². The van der Waals surface area contributed by atoms with E-state index in [0.717, 1.165) is 27.5 Å². The number of amides is 2. The Morgan fingerprint density at radius 1 is 1.29 bits per heavy atom. The molecule has 1 N–H and O–H groups in total. The number of fused-ring (bicyclic) bond motifs is 1. The van der Waals surface area contributed by atoms with Gasteiger partial charge in [-0.1, -0.05) is 42.1 Å². The Kier molecular flexibility index (Phi) is 4.85. The number of carbonyl (C=O) groups excluding carboxylic acids is 2. The third kappa shape index (κ3) is 3.59. The van der Waals surface area contributed by atoms with E-state index in [1.807, 2.05) is 50.2 Å². The zero-order valence-electron chi connectivity index (χ0n) is 13.7. The third-order valence-electron chi connectivity index (χ3n) is 3.82. The maximum absolute atomic E-state index is 12.3. The van der Waals surface area contributed by atoms with Crippen LogP contribution in [0.3, 0.4) is 0 Å². The Morgan fingerprint density at radius 3 is 2.79 bits per heavy atom. The summed E-state index contributed by atoms with van der Waals surface area (Å²) in [5, 5.41) is 3.69. The molecule has 5 nitrogen and oxygen atoms in total. The van der Waals surface area contributed by atoms with Crippen molar-refractivity contribution in [3.8, 4) is 0 Å². The first kappa shape index (κ1) is 16.5. The van der Waals surface area contributed by atoms with Gasteiger partial charge in [-0.25, -0.2) is 4.98 Å². The van der Waals surface area contributed by atoms with Gasteiger partial charge in [-0.2, -0.15) is 0 Å². The van der Waals surface area contributed by atoms with Crippen LogP contribution < -0.4 is 10.2 Å². The minimum atomic E-state index is -0.176. The molecule has 0 spiro atoms. The van der Waals surface area contributed by atoms with E-state index >= 15 is 0 Å². The Morgan fingerprint density at radius 2 is 2.04 bits per heavy atom. The lowest BCUT2D eigenvalue weighted by Gasteiger charge is -2.29. The minimum absolute atomic E-state index is 0.0187. The zero-order valence-corrected chi connectivity index (χ0v) is 14.5. The van der Waals surface area contributed by atoms with E-state index in [0.29, 0.717) is 12.3 Å². The fourth-order valence-corrected chi connectivity index (χ4v) is 3.75. The molecule has 0 radical (unpaired) electrons. The predicted molar refractivity (Wildman–Crippen MR) is 95.1 cm³/mol. The molecule has 0 aliphatic carbocycles. The molecule has 2 amide bonds. The van der Waals surface area contributed by atoms with Crippen molar-refractivity contribution in [2.75, 3.05) is 17.2 Å². The number of nitrogens with zero attached hydrogens (tertiary/aromatic N) is 2. The molecule has 24 heavy (non-hydrogen) atoms. The molecule has 124 valence electrons. The lowest BCUT2D eigenvalue weighted by atomic mass is 10.2. The van der Waals surface area contributed by atoms with Gasteiger partial charge in [-0.15, -0.1) is 0 Å². The number of thioether (sulfide) groups is 1. The van der Waals surface area contributed by atoms with E-state index in [-0.39, 0.29) is 18.4 Å². The normalized spacial score (nSPS) is 13.6. The highest BCUT2D eigenvalue weighted by Gasteiger charge is 2.29. The topological polar surface area (TPSA) is 62.3 Å². The van der Waals surface area contributed by atoms with E-state index in [4.69, 9.17) is 0 Å². The molecule has 1 aliphatic rings. The molecule has 6 heteroatoms. The molecule has 0 unspecified atom stereocenters. The van der Waals surface area contributed by atoms with Gasteiger partial charge in [0.25, 0.3) is 0 Å². The van der Waals surface area contributed by atoms with Crippen LogP contribution in [0, 0.1) is 13.8 Å². The van der Waals surface area contributed by atoms with Crippen LogP contribution in [0.25, 0.3) is 0 Å². The molecule has 0 bridgehead atoms. The van der Waals surface area contributed by atoms with Crippen LogP contribution >= 0.6 is 11.8 Å². The monoisotopic (exact) mass is 341 g/mol. The maximum atomic E-state index is 12.3. The Balaban J connectivity index is 1.73. The minimum Gasteiger partial charge on any atom is -0.350 e. The van der Waals surface area contributed by atoms with Crippen LogP contribution in [0.15, 0.2) is 41.4 Å². The predicted octanol–water partition coefficient (Wildman–Crippen LogP) is 2.45. The van der Waals surface area contributed by atoms with E-state index in [1.165, 1.54) is 11.8 Å². The first-order valence-electron chi connectivity index (χ1n) is 7.76. The van der Waals surface area contributed by atoms with Crippen LogP contribution in [-0.2, 0) is 16.1 Å². The summed E-state index contributed by atoms with van der Waals surface area (Å²) in [6.45, 7) is 4.35. The van der Waals surface area contributed by atoms with E-state index < -0.39 is 0 Å². The van der Waals surface area contributed by atoms with Crippen molar-refractivity contribution >= 4 is 29.3 Å². The lowest BCUT2D eigenvalue weighted by molar-refractivity contribution is -0.123. The number of benzene rings is 1. The van der Waals surface area contributed by atoms with Gasteiger partial charge in [-0.3, -0.25) is 14.5 Å². The van der Waals surface area contributed by atoms with Gasteiger partial charge in [0.1, 0.15) is 11.6 Å². The molecule has 0 atom stereocenters. The van der Waals surface area contributed by atoms with Gasteiger partial charge < -0.3 is 5.32 Å². The largest absolute Gasteiger partial charge is 0.350 e. The molecular formula is C18H19N3O2S. The maximum Gasteiger partial charge on any atom is 0.240 e. The number of anilines is 1. The molecule has 2 aromatic rings. The van der Waals surface area contributed by atoms with Crippen molar-refractivity contribution in [2.24, 2.45) is 0 Å². The lowest BCUT2D eigenvalue weighted by Crippen LogP contribution is -2.43. The third-order valence-corrected chi connectivity index (χ3v) is 4.77. The van der Waals surface area contributed by atoms with E-state index in [1.54, 1.807) is 4.90 Å². The summed E-state index contributed by atoms with van der Waals surface area (Å²) in [5.41, 5.74) is 3.67. The summed E-state index contributed by atoms with van der Waals surface area (Å²) in [6.07, 6.45) is 0. The van der Waals surface area contributed by atoms with Crippen LogP contribution in [0.1, 0.15) is 16.8 Å². The quantitative estimate of drug-likeness (QED) is 0.928. The second-order valence-electron chi connectivity index (χ2n) is 5.77. The van der Waals surface area contributed by atoms with Gasteiger partial charge in [0, 0.05) is 12.2 Å². The number of aryl methyl sites for hydroxylation is 2. The zero-order chi connectivity index (χ0) is 17.1. The Hall–Kier alpha value is -2.34. The standard InChI is InChI=1S/C18H19N3O2S/c1-12-8-13(2)20-18-17(12)21(16(23)11-24-18)10-15(22)19-9-14-6-4-3-5-7-14/h3-8H,9-11H2,1-2H3,(H,19,22). The first-order valence-corrected chi connectivity index (χ1v) is 8.75. The molecule has 1 aromatic heterocycles. The van der Waals surface area contributed by atoms with E-state index in [2.05, 4.69) is 10.3 Å². The summed E-state index contributed by atoms with van der Waals surface area (Å²) < 4.78 is 0. The Labute approximate surface area is 145 Å². The molecule has 1 aliphatic heterocycles. The first-order chi connectivity index (χ1) is 11.5. The van der Waals surface area contributed by atoms with Crippen LogP contribution in [0.5, 0.6) is 0 Å². The number of hydrogen-bond donors (Lipinski definition) is 1. The van der Waals surface area contributed by atoms with Gasteiger partial charge >= 0.3 is 0 Å². The van der Waals surface area contributed by atoms with Gasteiger partial charge in [-0.05, 0) is 31.0 Å². The fraction of sp³-hybridized carbons (Fsp3) is 0.278. The molecular weight excluding hydrogens is 322 g/mol. The molecule has 0 saturated heterocycles. The van der Waals surface area contributed by atoms with Crippen molar-refractivity contribution in [3.05, 3.63) is 53.2 Å². The molecule has 1 aromatic carbocycles. The highest BCUT2D eigenvalue weighted by atomic mass is 32.2. The Bertz CT molecular complexity index is 777. The second-order valence-corrected chi connectivity index (χ2v) is 6.73. The summed E-state index contributed by atoms with van der Waals surface area (Å²) >= 11 is 1.43. The number of pyridine rings is 1. The summed E-state index contributed by atoms with van der Waals surface area (Å²) in [5.74, 6) is 0.0793. The highest BCUT2D eigenvalue weighted by Crippen LogP contribution is 2.36. The highest BCUT2D eigenvalue weighted by molar-refractivity contribution is 8.00. The van der Waals surface area contributed by atoms with Crippen LogP contribution in [0.4, 0.5) is 5.69 Å². The summed E-state index contributed by atoms with van der Waals surface area (Å²) in [6, 6.07) is 11.6. The SMILES string of the molecule is Cc1cc(C)c2c(n1)SCC(=O)N2CC(=O)NCc1ccccc1. The van der Waals surface area contributed by atoms with Crippen LogP contribution in [-0.4, -0.2) is 29.1 Å². The second kappa shape index (κ2) is 7.05. The van der Waals surface area contributed by atoms with Crippen molar-refractivity contribution in [3.63, 3.8) is 0 Å². The number of hydrogen-bond acceptors (Lipinski definition) is 4. The van der Waals surface area contributed by atoms with Crippen LogP contribution in [0.2, 0.25) is 0 Å². The summed E-state index contributed by atoms with van der Waals surface area (Å²) in [7, 11) is 0. The molecule has 0 saturated carbocycles. The number of rotatable bonds is 4. The molecule has 3 rings (SSSR count). The van der Waals surface area contributed by atoms with Crippen molar-refractivity contribution in [2.45, 2.75) is 25.4 Å². The number of carbonyl (C=O) groups is 2. The fourth-order valence-electron chi connectivity index (χ4n) is 2.72. The smallest absolute Gasteiger partial charge is 0.240 e. The average Bonchev–Trinajstić information content (AvgIpc) is 2.56. The van der Waals surface area contributed by atoms with Crippen molar-refractivity contribution < 1.29 is 9.59 Å². The molecule has 2 heterocycles.